The third-order valence-corrected chi connectivity index (χ3v) is 4.40. The summed E-state index contributed by atoms with van der Waals surface area (Å²) in [5.74, 6) is 0.275. The van der Waals surface area contributed by atoms with Gasteiger partial charge in [0, 0.05) is 18.7 Å². The van der Waals surface area contributed by atoms with Gasteiger partial charge in [-0.25, -0.2) is 4.79 Å². The Hall–Kier alpha value is -3.02. The maximum absolute atomic E-state index is 12.9. The van der Waals surface area contributed by atoms with Gasteiger partial charge in [-0.2, -0.15) is 0 Å². The summed E-state index contributed by atoms with van der Waals surface area (Å²) in [6.07, 6.45) is -0.994. The number of esters is 1. The number of amides is 1. The van der Waals surface area contributed by atoms with E-state index in [2.05, 4.69) is 0 Å². The van der Waals surface area contributed by atoms with Crippen LogP contribution >= 0.6 is 0 Å². The molecule has 0 radical (unpaired) electrons. The molecule has 0 N–H and O–H groups in total. The monoisotopic (exact) mass is 369 g/mol. The second kappa shape index (κ2) is 8.58. The summed E-state index contributed by atoms with van der Waals surface area (Å²) in [6.45, 7) is 5.78. The predicted molar refractivity (Wildman–Crippen MR) is 100.0 cm³/mol. The Balaban J connectivity index is 1.85. The number of rotatable bonds is 6. The quantitative estimate of drug-likeness (QED) is 0.732. The van der Waals surface area contributed by atoms with Crippen LogP contribution in [0.25, 0.3) is 0 Å². The van der Waals surface area contributed by atoms with Crippen LogP contribution in [-0.4, -0.2) is 43.1 Å². The smallest absolute Gasteiger partial charge is 0.339 e. The molecule has 1 atom stereocenters. The van der Waals surface area contributed by atoms with Crippen LogP contribution in [0.2, 0.25) is 0 Å². The molecule has 1 amide bonds. The second-order valence-corrected chi connectivity index (χ2v) is 6.06. The fourth-order valence-electron chi connectivity index (χ4n) is 2.94. The average molecular weight is 369 g/mol. The first-order valence-corrected chi connectivity index (χ1v) is 9.08. The molecule has 142 valence electrons. The summed E-state index contributed by atoms with van der Waals surface area (Å²) in [5.41, 5.74) is 0.952. The molecule has 6 heteroatoms. The van der Waals surface area contributed by atoms with E-state index in [1.807, 2.05) is 32.0 Å². The van der Waals surface area contributed by atoms with Crippen molar-refractivity contribution in [2.75, 3.05) is 26.3 Å². The third-order valence-electron chi connectivity index (χ3n) is 4.40. The molecule has 1 aliphatic heterocycles. The largest absolute Gasteiger partial charge is 0.486 e. The highest BCUT2D eigenvalue weighted by atomic mass is 16.6. The molecular weight excluding hydrogens is 346 g/mol. The molecule has 2 aromatic carbocycles. The van der Waals surface area contributed by atoms with Crippen LogP contribution in [0.5, 0.6) is 11.5 Å². The van der Waals surface area contributed by atoms with E-state index in [0.717, 1.165) is 0 Å². The van der Waals surface area contributed by atoms with Crippen molar-refractivity contribution >= 4 is 11.9 Å². The van der Waals surface area contributed by atoms with Gasteiger partial charge in [-0.1, -0.05) is 30.3 Å². The number of carbonyl (C=O) groups excluding carboxylic acids is 2. The second-order valence-electron chi connectivity index (χ2n) is 6.06. The Morgan fingerprint density at radius 1 is 1.00 bits per heavy atom. The number of hydrogen-bond acceptors (Lipinski definition) is 5. The minimum atomic E-state index is -0.994. The highest BCUT2D eigenvalue weighted by molar-refractivity contribution is 5.93. The number of nitrogens with zero attached hydrogens (tertiary/aromatic N) is 1. The fourth-order valence-corrected chi connectivity index (χ4v) is 2.94. The van der Waals surface area contributed by atoms with Crippen molar-refractivity contribution in [2.24, 2.45) is 0 Å². The van der Waals surface area contributed by atoms with Crippen LogP contribution in [0, 0.1) is 0 Å². The predicted octanol–water partition coefficient (Wildman–Crippen LogP) is 3.22. The summed E-state index contributed by atoms with van der Waals surface area (Å²) in [5, 5.41) is 0. The molecule has 0 saturated heterocycles. The molecule has 0 aliphatic carbocycles. The van der Waals surface area contributed by atoms with Gasteiger partial charge in [0.2, 0.25) is 6.10 Å². The van der Waals surface area contributed by atoms with Gasteiger partial charge >= 0.3 is 5.97 Å². The Morgan fingerprint density at radius 3 is 2.33 bits per heavy atom. The molecule has 0 bridgehead atoms. The molecule has 27 heavy (non-hydrogen) atoms. The third kappa shape index (κ3) is 4.22. The molecule has 0 aromatic heterocycles. The minimum Gasteiger partial charge on any atom is -0.486 e. The van der Waals surface area contributed by atoms with Gasteiger partial charge in [-0.05, 0) is 32.0 Å². The molecule has 1 aliphatic rings. The molecule has 0 fully saturated rings. The van der Waals surface area contributed by atoms with Gasteiger partial charge in [0.15, 0.2) is 11.5 Å². The van der Waals surface area contributed by atoms with Crippen molar-refractivity contribution in [1.82, 2.24) is 4.90 Å². The maximum atomic E-state index is 12.9. The van der Waals surface area contributed by atoms with E-state index in [9.17, 15) is 9.59 Å². The van der Waals surface area contributed by atoms with E-state index in [1.165, 1.54) is 0 Å². The van der Waals surface area contributed by atoms with Crippen LogP contribution in [0.15, 0.2) is 48.5 Å². The standard InChI is InChI=1S/C21H23NO5/c1-3-22(4-2)20(23)19(15-8-6-5-7-9-15)27-21(24)16-10-11-17-18(14-16)26-13-12-25-17/h5-11,14,19H,3-4,12-13H2,1-2H3/t19-/m1/s1. The van der Waals surface area contributed by atoms with Crippen LogP contribution < -0.4 is 9.47 Å². The molecule has 2 aromatic rings. The van der Waals surface area contributed by atoms with E-state index in [4.69, 9.17) is 14.2 Å². The molecule has 3 rings (SSSR count). The topological polar surface area (TPSA) is 65.1 Å². The summed E-state index contributed by atoms with van der Waals surface area (Å²) < 4.78 is 16.6. The lowest BCUT2D eigenvalue weighted by Crippen LogP contribution is -2.36. The molecule has 0 unspecified atom stereocenters. The number of fused-ring (bicyclic) bond motifs is 1. The SMILES string of the molecule is CCN(CC)C(=O)[C@H](OC(=O)c1ccc2c(c1)OCCO2)c1ccccc1. The van der Waals surface area contributed by atoms with Crippen molar-refractivity contribution in [2.45, 2.75) is 20.0 Å². The van der Waals surface area contributed by atoms with Crippen molar-refractivity contribution in [1.29, 1.82) is 0 Å². The maximum Gasteiger partial charge on any atom is 0.339 e. The molecule has 0 spiro atoms. The first-order valence-electron chi connectivity index (χ1n) is 9.08. The molecule has 0 saturated carbocycles. The van der Waals surface area contributed by atoms with Crippen LogP contribution in [0.4, 0.5) is 0 Å². The van der Waals surface area contributed by atoms with Gasteiger partial charge in [0.1, 0.15) is 13.2 Å². The van der Waals surface area contributed by atoms with Crippen molar-refractivity contribution in [3.05, 3.63) is 59.7 Å². The van der Waals surface area contributed by atoms with Crippen molar-refractivity contribution in [3.63, 3.8) is 0 Å². The Bertz CT molecular complexity index is 801. The fraction of sp³-hybridized carbons (Fsp3) is 0.333. The van der Waals surface area contributed by atoms with Gasteiger partial charge in [-0.3, -0.25) is 4.79 Å². The molecular formula is C21H23NO5. The number of hydrogen-bond donors (Lipinski definition) is 0. The summed E-state index contributed by atoms with van der Waals surface area (Å²) in [6, 6.07) is 13.9. The summed E-state index contributed by atoms with van der Waals surface area (Å²) in [7, 11) is 0. The van der Waals surface area contributed by atoms with Gasteiger partial charge in [0.25, 0.3) is 5.91 Å². The lowest BCUT2D eigenvalue weighted by atomic mass is 10.1. The van der Waals surface area contributed by atoms with Crippen molar-refractivity contribution in [3.8, 4) is 11.5 Å². The van der Waals surface area contributed by atoms with E-state index in [1.54, 1.807) is 35.2 Å². The Kier molecular flexibility index (Phi) is 5.96. The average Bonchev–Trinajstić information content (AvgIpc) is 2.72. The number of ether oxygens (including phenoxy) is 3. The lowest BCUT2D eigenvalue weighted by Gasteiger charge is -2.25. The highest BCUT2D eigenvalue weighted by Crippen LogP contribution is 2.31. The minimum absolute atomic E-state index is 0.239. The number of likely N-dealkylation sites (N-methyl/N-ethyl adjacent to an activating group) is 1. The van der Waals surface area contributed by atoms with E-state index in [-0.39, 0.29) is 5.91 Å². The van der Waals surface area contributed by atoms with Crippen LogP contribution in [0.3, 0.4) is 0 Å². The van der Waals surface area contributed by atoms with Gasteiger partial charge in [-0.15, -0.1) is 0 Å². The zero-order valence-corrected chi connectivity index (χ0v) is 15.5. The van der Waals surface area contributed by atoms with E-state index >= 15 is 0 Å². The first-order chi connectivity index (χ1) is 13.1. The van der Waals surface area contributed by atoms with Crippen LogP contribution in [-0.2, 0) is 9.53 Å². The summed E-state index contributed by atoms with van der Waals surface area (Å²) in [4.78, 5) is 27.3. The molecule has 6 nitrogen and oxygen atoms in total. The lowest BCUT2D eigenvalue weighted by molar-refractivity contribution is -0.140. The normalized spacial score (nSPS) is 13.6. The number of benzene rings is 2. The Morgan fingerprint density at radius 2 is 1.67 bits per heavy atom. The number of carbonyl (C=O) groups is 2. The zero-order chi connectivity index (χ0) is 19.2. The summed E-state index contributed by atoms with van der Waals surface area (Å²) >= 11 is 0. The van der Waals surface area contributed by atoms with Gasteiger partial charge < -0.3 is 19.1 Å². The van der Waals surface area contributed by atoms with Crippen LogP contribution in [0.1, 0.15) is 35.9 Å². The first kappa shape index (κ1) is 18.8. The van der Waals surface area contributed by atoms with Gasteiger partial charge in [0.05, 0.1) is 5.56 Å². The highest BCUT2D eigenvalue weighted by Gasteiger charge is 2.29. The van der Waals surface area contributed by atoms with E-state index in [0.29, 0.717) is 48.9 Å². The van der Waals surface area contributed by atoms with E-state index < -0.39 is 12.1 Å². The zero-order valence-electron chi connectivity index (χ0n) is 15.5. The molecule has 1 heterocycles. The van der Waals surface area contributed by atoms with Crippen molar-refractivity contribution < 1.29 is 23.8 Å². The Labute approximate surface area is 158 Å².